The fourth-order valence-electron chi connectivity index (χ4n) is 4.24. The van der Waals surface area contributed by atoms with E-state index < -0.39 is 6.67 Å². The molecule has 1 aromatic rings. The average molecular weight is 515 g/mol. The Balaban J connectivity index is 0.000000296. The van der Waals surface area contributed by atoms with Gasteiger partial charge < -0.3 is 15.0 Å². The van der Waals surface area contributed by atoms with Crippen LogP contribution in [0.4, 0.5) is 17.6 Å². The molecule has 4 rings (SSSR count). The first kappa shape index (κ1) is 31.8. The van der Waals surface area contributed by atoms with Crippen molar-refractivity contribution >= 4 is 6.21 Å². The molecule has 2 saturated heterocycles. The summed E-state index contributed by atoms with van der Waals surface area (Å²) in [6.07, 6.45) is 7.08. The quantitative estimate of drug-likeness (QED) is 0.366. The lowest BCUT2D eigenvalue weighted by Crippen LogP contribution is -2.24. The van der Waals surface area contributed by atoms with Crippen LogP contribution < -0.4 is 4.74 Å². The molecule has 2 fully saturated rings. The Bertz CT molecular complexity index is 849. The lowest BCUT2D eigenvalue weighted by Gasteiger charge is -2.19. The Labute approximate surface area is 213 Å². The number of hydrogen-bond acceptors (Lipinski definition) is 5. The van der Waals surface area contributed by atoms with Crippen molar-refractivity contribution in [3.05, 3.63) is 47.6 Å². The van der Waals surface area contributed by atoms with Crippen molar-refractivity contribution in [2.24, 2.45) is 11.8 Å². The molecule has 204 valence electrons. The number of ether oxygens (including phenoxy) is 1. The zero-order valence-corrected chi connectivity index (χ0v) is 22.2. The zero-order chi connectivity index (χ0) is 27.1. The van der Waals surface area contributed by atoms with Crippen LogP contribution in [0.15, 0.2) is 41.8 Å². The van der Waals surface area contributed by atoms with Crippen molar-refractivity contribution in [1.29, 1.82) is 5.41 Å². The lowest BCUT2D eigenvalue weighted by molar-refractivity contribution is 0.175. The van der Waals surface area contributed by atoms with Crippen LogP contribution in [0.25, 0.3) is 0 Å². The van der Waals surface area contributed by atoms with Crippen molar-refractivity contribution in [3.8, 4) is 5.75 Å². The summed E-state index contributed by atoms with van der Waals surface area (Å²) in [5.74, 6) is 0.684. The highest BCUT2D eigenvalue weighted by Gasteiger charge is 2.29. The molecule has 3 aliphatic rings. The standard InChI is InChI=1S/C12H17F2N.C11H15FN2O.C2H4FN.C2H6/c1-9-5-6-15(7-9)8-10-11(13)3-2-4-12(10)14;1-8-6-14(2)7-11(8)15-10-3-9(12)4-13-5-10;3-1-2-4;1-2/h3,9H,2,4-8H2,1H3;3-5,8,11H,6-7H2,1-2H3;2,4H,1H2;1-2H3. The van der Waals surface area contributed by atoms with E-state index in [9.17, 15) is 17.6 Å². The summed E-state index contributed by atoms with van der Waals surface area (Å²) in [6, 6.07) is 1.37. The van der Waals surface area contributed by atoms with Gasteiger partial charge in [-0.25, -0.2) is 17.6 Å². The number of alkyl halides is 1. The molecule has 0 aromatic carbocycles. The summed E-state index contributed by atoms with van der Waals surface area (Å²) in [6.45, 7) is 12.0. The second kappa shape index (κ2) is 17.2. The highest BCUT2D eigenvalue weighted by atomic mass is 19.1. The molecule has 2 aliphatic heterocycles. The largest absolute Gasteiger partial charge is 0.487 e. The first-order valence-corrected chi connectivity index (χ1v) is 12.7. The number of nitrogens with one attached hydrogen (secondary N) is 1. The molecule has 5 nitrogen and oxygen atoms in total. The molecule has 3 heterocycles. The van der Waals surface area contributed by atoms with Gasteiger partial charge in [0.1, 0.15) is 36.0 Å². The maximum atomic E-state index is 13.4. The van der Waals surface area contributed by atoms with Crippen LogP contribution >= 0.6 is 0 Å². The third-order valence-corrected chi connectivity index (χ3v) is 5.96. The molecular formula is C27H42F4N4O. The molecule has 0 amide bonds. The van der Waals surface area contributed by atoms with Gasteiger partial charge in [0.05, 0.1) is 12.4 Å². The Morgan fingerprint density at radius 2 is 1.83 bits per heavy atom. The number of halogens is 4. The SMILES string of the molecule is CC.CC1CCN(CC2=C(F)CCC=C2F)C1.CC1CN(C)CC1Oc1cncc(F)c1.N=CCF. The fraction of sp³-hybridized carbons (Fsp3) is 0.630. The molecule has 36 heavy (non-hydrogen) atoms. The molecule has 1 aromatic heterocycles. The normalized spacial score (nSPS) is 23.9. The van der Waals surface area contributed by atoms with Gasteiger partial charge >= 0.3 is 0 Å². The Morgan fingerprint density at radius 1 is 1.14 bits per heavy atom. The number of aromatic nitrogens is 1. The molecule has 3 unspecified atom stereocenters. The summed E-state index contributed by atoms with van der Waals surface area (Å²) in [5, 5.41) is 5.95. The van der Waals surface area contributed by atoms with E-state index in [0.717, 1.165) is 32.6 Å². The third-order valence-electron chi connectivity index (χ3n) is 5.96. The number of nitrogens with zero attached hydrogens (tertiary/aromatic N) is 3. The maximum absolute atomic E-state index is 13.4. The van der Waals surface area contributed by atoms with Crippen LogP contribution in [0.5, 0.6) is 5.75 Å². The van der Waals surface area contributed by atoms with Gasteiger partial charge in [-0.05, 0) is 38.4 Å². The van der Waals surface area contributed by atoms with E-state index in [-0.39, 0.29) is 29.1 Å². The molecule has 1 N–H and O–H groups in total. The minimum Gasteiger partial charge on any atom is -0.487 e. The Morgan fingerprint density at radius 3 is 2.33 bits per heavy atom. The van der Waals surface area contributed by atoms with Gasteiger partial charge in [0.25, 0.3) is 0 Å². The first-order chi connectivity index (χ1) is 17.2. The number of allylic oxidation sites excluding steroid dienone is 2. The highest BCUT2D eigenvalue weighted by Crippen LogP contribution is 2.29. The fourth-order valence-corrected chi connectivity index (χ4v) is 4.24. The molecule has 1 aliphatic carbocycles. The van der Waals surface area contributed by atoms with Crippen LogP contribution in [0, 0.1) is 23.1 Å². The van der Waals surface area contributed by atoms with Crippen molar-refractivity contribution in [3.63, 3.8) is 0 Å². The monoisotopic (exact) mass is 514 g/mol. The topological polar surface area (TPSA) is 52.5 Å². The zero-order valence-electron chi connectivity index (χ0n) is 22.2. The van der Waals surface area contributed by atoms with E-state index in [0.29, 0.717) is 43.2 Å². The minimum atomic E-state index is -0.639. The van der Waals surface area contributed by atoms with Crippen molar-refractivity contribution in [2.75, 3.05) is 46.4 Å². The van der Waals surface area contributed by atoms with Crippen molar-refractivity contribution < 1.29 is 22.3 Å². The van der Waals surface area contributed by atoms with E-state index in [4.69, 9.17) is 10.1 Å². The molecule has 9 heteroatoms. The van der Waals surface area contributed by atoms with Gasteiger partial charge in [0.2, 0.25) is 0 Å². The minimum absolute atomic E-state index is 0.138. The number of rotatable bonds is 5. The third kappa shape index (κ3) is 11.2. The molecular weight excluding hydrogens is 472 g/mol. The maximum Gasteiger partial charge on any atom is 0.145 e. The first-order valence-electron chi connectivity index (χ1n) is 12.7. The summed E-state index contributed by atoms with van der Waals surface area (Å²) in [5.41, 5.74) is 0.287. The summed E-state index contributed by atoms with van der Waals surface area (Å²) in [4.78, 5) is 8.10. The van der Waals surface area contributed by atoms with Crippen LogP contribution in [-0.4, -0.2) is 73.5 Å². The predicted molar refractivity (Wildman–Crippen MR) is 138 cm³/mol. The van der Waals surface area contributed by atoms with Gasteiger partial charge in [0, 0.05) is 56.4 Å². The number of likely N-dealkylation sites (N-methyl/N-ethyl adjacent to an activating group) is 1. The van der Waals surface area contributed by atoms with Gasteiger partial charge in [-0.1, -0.05) is 27.7 Å². The number of likely N-dealkylation sites (tertiary alicyclic amines) is 2. The average Bonchev–Trinajstić information content (AvgIpc) is 3.41. The molecule has 0 radical (unpaired) electrons. The van der Waals surface area contributed by atoms with Crippen LogP contribution in [0.1, 0.15) is 47.0 Å². The van der Waals surface area contributed by atoms with E-state index in [1.807, 2.05) is 13.8 Å². The second-order valence-electron chi connectivity index (χ2n) is 9.16. The Kier molecular flexibility index (Phi) is 15.2. The molecule has 3 atom stereocenters. The number of hydrogen-bond donors (Lipinski definition) is 1. The van der Waals surface area contributed by atoms with E-state index >= 15 is 0 Å². The molecule has 0 bridgehead atoms. The predicted octanol–water partition coefficient (Wildman–Crippen LogP) is 6.38. The highest BCUT2D eigenvalue weighted by molar-refractivity contribution is 5.53. The van der Waals surface area contributed by atoms with E-state index in [1.54, 1.807) is 6.20 Å². The van der Waals surface area contributed by atoms with Crippen LogP contribution in [0.2, 0.25) is 0 Å². The van der Waals surface area contributed by atoms with Gasteiger partial charge in [-0.15, -0.1) is 0 Å². The van der Waals surface area contributed by atoms with Gasteiger partial charge in [0.15, 0.2) is 0 Å². The van der Waals surface area contributed by atoms with Crippen molar-refractivity contribution in [2.45, 2.75) is 53.1 Å². The van der Waals surface area contributed by atoms with Crippen LogP contribution in [0.3, 0.4) is 0 Å². The molecule has 0 saturated carbocycles. The summed E-state index contributed by atoms with van der Waals surface area (Å²) < 4.78 is 55.8. The van der Waals surface area contributed by atoms with Crippen LogP contribution in [-0.2, 0) is 0 Å². The van der Waals surface area contributed by atoms with E-state index in [1.165, 1.54) is 18.3 Å². The van der Waals surface area contributed by atoms with Gasteiger partial charge in [-0.2, -0.15) is 0 Å². The lowest BCUT2D eigenvalue weighted by atomic mass is 10.0. The number of pyridine rings is 1. The second-order valence-corrected chi connectivity index (χ2v) is 9.16. The Hall–Kier alpha value is -2.26. The smallest absolute Gasteiger partial charge is 0.145 e. The summed E-state index contributed by atoms with van der Waals surface area (Å²) >= 11 is 0. The van der Waals surface area contributed by atoms with E-state index in [2.05, 4.69) is 35.7 Å². The summed E-state index contributed by atoms with van der Waals surface area (Å²) in [7, 11) is 2.06. The van der Waals surface area contributed by atoms with Crippen molar-refractivity contribution in [1.82, 2.24) is 14.8 Å². The molecule has 0 spiro atoms. The van der Waals surface area contributed by atoms with Gasteiger partial charge in [-0.3, -0.25) is 9.88 Å².